The molecule has 0 unspecified atom stereocenters. The van der Waals surface area contributed by atoms with Crippen molar-refractivity contribution in [1.29, 1.82) is 0 Å². The summed E-state index contributed by atoms with van der Waals surface area (Å²) in [5.74, 6) is 0.801. The average molecular weight is 310 g/mol. The summed E-state index contributed by atoms with van der Waals surface area (Å²) in [6, 6.07) is 5.79. The topological polar surface area (TPSA) is 71.5 Å². The number of nitrogens with zero attached hydrogens (tertiary/aromatic N) is 1. The largest absolute Gasteiger partial charge is 0.390 e. The first kappa shape index (κ1) is 16.3. The van der Waals surface area contributed by atoms with Crippen molar-refractivity contribution >= 4 is 17.7 Å². The lowest BCUT2D eigenvalue weighted by Gasteiger charge is -2.31. The number of carbonyl (C=O) groups excluding carboxylic acids is 1. The smallest absolute Gasteiger partial charge is 0.223 e. The summed E-state index contributed by atoms with van der Waals surface area (Å²) >= 11 is 1.62. The van der Waals surface area contributed by atoms with E-state index in [2.05, 4.69) is 10.3 Å². The lowest BCUT2D eigenvalue weighted by atomic mass is 9.84. The van der Waals surface area contributed by atoms with Crippen LogP contribution < -0.4 is 5.32 Å². The molecule has 3 atom stereocenters. The van der Waals surface area contributed by atoms with Gasteiger partial charge in [-0.2, -0.15) is 0 Å². The molecule has 1 saturated carbocycles. The van der Waals surface area contributed by atoms with Gasteiger partial charge in [0.15, 0.2) is 0 Å². The fourth-order valence-corrected chi connectivity index (χ4v) is 3.23. The van der Waals surface area contributed by atoms with E-state index in [0.29, 0.717) is 19.4 Å². The predicted octanol–water partition coefficient (Wildman–Crippen LogP) is 1.47. The van der Waals surface area contributed by atoms with Crippen molar-refractivity contribution in [1.82, 2.24) is 10.3 Å². The van der Waals surface area contributed by atoms with Crippen LogP contribution in [-0.4, -0.2) is 47.6 Å². The van der Waals surface area contributed by atoms with E-state index in [-0.39, 0.29) is 17.9 Å². The van der Waals surface area contributed by atoms with Gasteiger partial charge < -0.3 is 15.2 Å². The molecule has 0 aliphatic heterocycles. The van der Waals surface area contributed by atoms with Gasteiger partial charge >= 0.3 is 0 Å². The fourth-order valence-electron chi connectivity index (χ4n) is 2.51. The Kier molecular flexibility index (Phi) is 6.48. The Morgan fingerprint density at radius 2 is 2.38 bits per heavy atom. The maximum atomic E-state index is 12.1. The predicted molar refractivity (Wildman–Crippen MR) is 82.1 cm³/mol. The van der Waals surface area contributed by atoms with Gasteiger partial charge in [-0.25, -0.2) is 4.98 Å². The number of ether oxygens (including phenoxy) is 1. The van der Waals surface area contributed by atoms with Crippen molar-refractivity contribution in [3.05, 3.63) is 24.4 Å². The Morgan fingerprint density at radius 3 is 3.10 bits per heavy atom. The summed E-state index contributed by atoms with van der Waals surface area (Å²) in [7, 11) is 1.58. The molecule has 21 heavy (non-hydrogen) atoms. The van der Waals surface area contributed by atoms with Crippen LogP contribution in [0.2, 0.25) is 0 Å². The molecule has 1 heterocycles. The number of rotatable bonds is 6. The van der Waals surface area contributed by atoms with Crippen molar-refractivity contribution in [3.63, 3.8) is 0 Å². The second-order valence-corrected chi connectivity index (χ2v) is 6.27. The summed E-state index contributed by atoms with van der Waals surface area (Å²) in [6.07, 6.45) is 3.03. The fraction of sp³-hybridized carbons (Fsp3) is 0.600. The van der Waals surface area contributed by atoms with Gasteiger partial charge in [-0.15, -0.1) is 11.8 Å². The maximum absolute atomic E-state index is 12.1. The first-order chi connectivity index (χ1) is 10.2. The summed E-state index contributed by atoms with van der Waals surface area (Å²) in [5, 5.41) is 13.7. The number of carbonyl (C=O) groups is 1. The number of thioether (sulfide) groups is 1. The van der Waals surface area contributed by atoms with Crippen LogP contribution in [0.5, 0.6) is 0 Å². The number of aliphatic hydroxyl groups excluding tert-OH is 1. The molecule has 1 aliphatic carbocycles. The molecule has 1 aromatic rings. The first-order valence-corrected chi connectivity index (χ1v) is 8.21. The van der Waals surface area contributed by atoms with E-state index in [1.54, 1.807) is 25.1 Å². The lowest BCUT2D eigenvalue weighted by molar-refractivity contribution is -0.130. The van der Waals surface area contributed by atoms with Crippen LogP contribution in [0.1, 0.15) is 19.3 Å². The van der Waals surface area contributed by atoms with Gasteiger partial charge in [0, 0.05) is 31.5 Å². The Bertz CT molecular complexity index is 444. The molecule has 5 nitrogen and oxygen atoms in total. The normalized spacial score (nSPS) is 25.5. The number of aliphatic hydroxyl groups is 1. The molecule has 1 aromatic heterocycles. The van der Waals surface area contributed by atoms with Gasteiger partial charge in [0.05, 0.1) is 17.2 Å². The van der Waals surface area contributed by atoms with Crippen LogP contribution in [-0.2, 0) is 9.53 Å². The minimum Gasteiger partial charge on any atom is -0.390 e. The van der Waals surface area contributed by atoms with E-state index in [1.165, 1.54) is 0 Å². The zero-order valence-corrected chi connectivity index (χ0v) is 13.0. The summed E-state index contributed by atoms with van der Waals surface area (Å²) in [4.78, 5) is 16.3. The van der Waals surface area contributed by atoms with Crippen LogP contribution >= 0.6 is 11.8 Å². The van der Waals surface area contributed by atoms with E-state index >= 15 is 0 Å². The number of methoxy groups -OCH3 is 1. The van der Waals surface area contributed by atoms with E-state index in [9.17, 15) is 9.90 Å². The molecular weight excluding hydrogens is 288 g/mol. The minimum atomic E-state index is -0.446. The highest BCUT2D eigenvalue weighted by molar-refractivity contribution is 7.99. The molecule has 2 N–H and O–H groups in total. The highest BCUT2D eigenvalue weighted by Gasteiger charge is 2.32. The Balaban J connectivity index is 1.67. The quantitative estimate of drug-likeness (QED) is 0.615. The second kappa shape index (κ2) is 8.36. The number of aromatic nitrogens is 1. The molecule has 0 bridgehead atoms. The third-order valence-electron chi connectivity index (χ3n) is 3.72. The van der Waals surface area contributed by atoms with E-state index in [0.717, 1.165) is 17.2 Å². The molecule has 0 radical (unpaired) electrons. The van der Waals surface area contributed by atoms with Gasteiger partial charge in [-0.3, -0.25) is 4.79 Å². The Morgan fingerprint density at radius 1 is 1.52 bits per heavy atom. The minimum absolute atomic E-state index is 0.0572. The van der Waals surface area contributed by atoms with Crippen molar-refractivity contribution in [2.45, 2.75) is 36.5 Å². The van der Waals surface area contributed by atoms with Crippen LogP contribution in [0.3, 0.4) is 0 Å². The highest BCUT2D eigenvalue weighted by Crippen LogP contribution is 2.26. The van der Waals surface area contributed by atoms with Crippen molar-refractivity contribution < 1.29 is 14.6 Å². The molecule has 1 fully saturated rings. The molecule has 0 spiro atoms. The lowest BCUT2D eigenvalue weighted by Crippen LogP contribution is -2.41. The number of amides is 1. The van der Waals surface area contributed by atoms with Gasteiger partial charge in [-0.1, -0.05) is 6.07 Å². The van der Waals surface area contributed by atoms with Crippen LogP contribution in [0.25, 0.3) is 0 Å². The molecule has 1 aliphatic rings. The van der Waals surface area contributed by atoms with Crippen LogP contribution in [0.15, 0.2) is 29.4 Å². The van der Waals surface area contributed by atoms with E-state index < -0.39 is 6.10 Å². The zero-order chi connectivity index (χ0) is 15.1. The maximum Gasteiger partial charge on any atom is 0.223 e. The molecule has 0 aromatic carbocycles. The number of pyridine rings is 1. The molecule has 2 rings (SSSR count). The standard InChI is InChI=1S/C15H22N2O3S/c1-20-13-10-11(5-6-12(13)18)15(19)17-8-9-21-14-4-2-3-7-16-14/h2-4,7,11-13,18H,5-6,8-10H2,1H3,(H,17,19)/t11-,12+,13-/m1/s1. The summed E-state index contributed by atoms with van der Waals surface area (Å²) in [6.45, 7) is 0.622. The average Bonchev–Trinajstić information content (AvgIpc) is 2.53. The number of nitrogens with one attached hydrogen (secondary N) is 1. The van der Waals surface area contributed by atoms with Crippen LogP contribution in [0.4, 0.5) is 0 Å². The van der Waals surface area contributed by atoms with Gasteiger partial charge in [-0.05, 0) is 31.4 Å². The van der Waals surface area contributed by atoms with Gasteiger partial charge in [0.25, 0.3) is 0 Å². The molecular formula is C15H22N2O3S. The Labute approximate surface area is 129 Å². The number of hydrogen-bond donors (Lipinski definition) is 2. The van der Waals surface area contributed by atoms with E-state index in [1.807, 2.05) is 18.2 Å². The second-order valence-electron chi connectivity index (χ2n) is 5.16. The van der Waals surface area contributed by atoms with Gasteiger partial charge in [0.2, 0.25) is 5.91 Å². The number of hydrogen-bond acceptors (Lipinski definition) is 5. The molecule has 0 saturated heterocycles. The SMILES string of the molecule is CO[C@@H]1C[C@H](C(=O)NCCSc2ccccn2)CC[C@@H]1O. The summed E-state index contributed by atoms with van der Waals surface area (Å²) < 4.78 is 5.22. The van der Waals surface area contributed by atoms with Crippen LogP contribution in [0, 0.1) is 5.92 Å². The molecule has 6 heteroatoms. The van der Waals surface area contributed by atoms with Crippen molar-refractivity contribution in [3.8, 4) is 0 Å². The zero-order valence-electron chi connectivity index (χ0n) is 12.2. The third kappa shape index (κ3) is 4.98. The molecule has 116 valence electrons. The summed E-state index contributed by atoms with van der Waals surface area (Å²) in [5.41, 5.74) is 0. The van der Waals surface area contributed by atoms with Gasteiger partial charge in [0.1, 0.15) is 0 Å². The Hall–Kier alpha value is -1.11. The van der Waals surface area contributed by atoms with E-state index in [4.69, 9.17) is 4.74 Å². The third-order valence-corrected chi connectivity index (χ3v) is 4.66. The molecule has 1 amide bonds. The first-order valence-electron chi connectivity index (χ1n) is 7.23. The van der Waals surface area contributed by atoms with Crippen molar-refractivity contribution in [2.24, 2.45) is 5.92 Å². The van der Waals surface area contributed by atoms with Crippen molar-refractivity contribution in [2.75, 3.05) is 19.4 Å². The monoisotopic (exact) mass is 310 g/mol. The highest BCUT2D eigenvalue weighted by atomic mass is 32.2.